The van der Waals surface area contributed by atoms with Crippen LogP contribution in [0.4, 0.5) is 11.4 Å². The van der Waals surface area contributed by atoms with Crippen LogP contribution in [0.25, 0.3) is 0 Å². The van der Waals surface area contributed by atoms with E-state index in [0.29, 0.717) is 50.2 Å². The summed E-state index contributed by atoms with van der Waals surface area (Å²) < 4.78 is 28.0. The van der Waals surface area contributed by atoms with E-state index in [2.05, 4.69) is 5.32 Å². The first-order chi connectivity index (χ1) is 22.3. The summed E-state index contributed by atoms with van der Waals surface area (Å²) in [5.41, 5.74) is 2.25. The number of fused-ring (bicyclic) bond motifs is 1. The van der Waals surface area contributed by atoms with Crippen molar-refractivity contribution in [3.63, 3.8) is 0 Å². The highest BCUT2D eigenvalue weighted by Gasteiger charge is 2.41. The fourth-order valence-electron chi connectivity index (χ4n) is 5.41. The van der Waals surface area contributed by atoms with Crippen molar-refractivity contribution in [1.29, 1.82) is 0 Å². The number of hydrogen-bond acceptors (Lipinski definition) is 9. The Kier molecular flexibility index (Phi) is 11.2. The first-order valence-corrected chi connectivity index (χ1v) is 15.3. The van der Waals surface area contributed by atoms with Crippen molar-refractivity contribution in [2.75, 3.05) is 44.7 Å². The number of carbonyl (C=O) groups excluding carboxylic acids is 4. The second kappa shape index (κ2) is 14.9. The maximum absolute atomic E-state index is 14.4. The standard InChI is InChI=1S/C35H39ClN2O9/c1-20-11-13-23(16-25(20)34(42)45-7)37-30(40)17-29-33(41)38(18-35(3,4)19-46-21(2)39)27-14-12-22(36)15-26(27)31(47-29)24-9-8-10-28(43-5)32(24)44-6/h8-16,29,31H,17-19H2,1-7H3,(H,37,40)/t29-,31-/m1/s1. The van der Waals surface area contributed by atoms with Crippen molar-refractivity contribution in [2.24, 2.45) is 5.41 Å². The van der Waals surface area contributed by atoms with Gasteiger partial charge in [-0.05, 0) is 48.9 Å². The lowest BCUT2D eigenvalue weighted by atomic mass is 9.92. The van der Waals surface area contributed by atoms with Gasteiger partial charge in [0.05, 0.1) is 39.9 Å². The first kappa shape index (κ1) is 35.2. The lowest BCUT2D eigenvalue weighted by molar-refractivity contribution is -0.144. The fraction of sp³-hybridized carbons (Fsp3) is 0.371. The average Bonchev–Trinajstić information content (AvgIpc) is 3.14. The molecule has 1 aliphatic rings. The molecule has 0 spiro atoms. The number of rotatable bonds is 11. The summed E-state index contributed by atoms with van der Waals surface area (Å²) in [6, 6.07) is 15.3. The van der Waals surface area contributed by atoms with E-state index in [9.17, 15) is 19.2 Å². The summed E-state index contributed by atoms with van der Waals surface area (Å²) in [7, 11) is 4.29. The van der Waals surface area contributed by atoms with Crippen LogP contribution in [0.2, 0.25) is 5.02 Å². The van der Waals surface area contributed by atoms with E-state index in [-0.39, 0.29) is 19.6 Å². The van der Waals surface area contributed by atoms with E-state index in [1.165, 1.54) is 34.3 Å². The Morgan fingerprint density at radius 2 is 1.74 bits per heavy atom. The lowest BCUT2D eigenvalue weighted by Gasteiger charge is -2.33. The van der Waals surface area contributed by atoms with Crippen LogP contribution in [0.1, 0.15) is 60.3 Å². The van der Waals surface area contributed by atoms with Gasteiger partial charge >= 0.3 is 11.9 Å². The Morgan fingerprint density at radius 3 is 2.40 bits per heavy atom. The van der Waals surface area contributed by atoms with Gasteiger partial charge in [-0.2, -0.15) is 0 Å². The molecule has 47 heavy (non-hydrogen) atoms. The number of methoxy groups -OCH3 is 3. The number of nitrogens with one attached hydrogen (secondary N) is 1. The van der Waals surface area contributed by atoms with Crippen LogP contribution in [0, 0.1) is 12.3 Å². The monoisotopic (exact) mass is 666 g/mol. The topological polar surface area (TPSA) is 130 Å². The number of esters is 2. The Labute approximate surface area is 279 Å². The van der Waals surface area contributed by atoms with Gasteiger partial charge in [-0.3, -0.25) is 14.4 Å². The third-order valence-corrected chi connectivity index (χ3v) is 7.91. The summed E-state index contributed by atoms with van der Waals surface area (Å²) >= 11 is 6.51. The summed E-state index contributed by atoms with van der Waals surface area (Å²) in [6.07, 6.45) is -2.56. The van der Waals surface area contributed by atoms with Crippen LogP contribution in [0.5, 0.6) is 11.5 Å². The molecule has 11 nitrogen and oxygen atoms in total. The van der Waals surface area contributed by atoms with Gasteiger partial charge in [-0.25, -0.2) is 4.79 Å². The number of ether oxygens (including phenoxy) is 5. The van der Waals surface area contributed by atoms with E-state index in [1.54, 1.807) is 60.4 Å². The van der Waals surface area contributed by atoms with Crippen molar-refractivity contribution in [2.45, 2.75) is 46.3 Å². The van der Waals surface area contributed by atoms with Crippen LogP contribution < -0.4 is 19.7 Å². The average molecular weight is 667 g/mol. The molecule has 0 bridgehead atoms. The molecule has 2 atom stereocenters. The number of anilines is 2. The molecule has 1 aliphatic heterocycles. The van der Waals surface area contributed by atoms with E-state index in [0.717, 1.165) is 0 Å². The van der Waals surface area contributed by atoms with Crippen molar-refractivity contribution in [3.8, 4) is 11.5 Å². The van der Waals surface area contributed by atoms with Gasteiger partial charge in [0.25, 0.3) is 5.91 Å². The minimum atomic E-state index is -1.28. The van der Waals surface area contributed by atoms with Gasteiger partial charge in [0.2, 0.25) is 5.91 Å². The van der Waals surface area contributed by atoms with Crippen LogP contribution in [0.15, 0.2) is 54.6 Å². The molecule has 3 aromatic carbocycles. The van der Waals surface area contributed by atoms with Crippen molar-refractivity contribution in [3.05, 3.63) is 81.9 Å². The fourth-order valence-corrected chi connectivity index (χ4v) is 5.59. The number of halogens is 1. The molecule has 0 fully saturated rings. The van der Waals surface area contributed by atoms with Gasteiger partial charge in [-0.1, -0.05) is 43.6 Å². The van der Waals surface area contributed by atoms with E-state index in [4.69, 9.17) is 35.3 Å². The maximum atomic E-state index is 14.4. The molecular formula is C35H39ClN2O9. The van der Waals surface area contributed by atoms with Crippen molar-refractivity contribution < 1.29 is 42.9 Å². The van der Waals surface area contributed by atoms with Gasteiger partial charge in [0, 0.05) is 46.4 Å². The highest BCUT2D eigenvalue weighted by molar-refractivity contribution is 6.30. The molecule has 0 aromatic heterocycles. The summed E-state index contributed by atoms with van der Waals surface area (Å²) in [5.74, 6) is -1.16. The largest absolute Gasteiger partial charge is 0.493 e. The van der Waals surface area contributed by atoms with Gasteiger partial charge in [0.1, 0.15) is 12.2 Å². The predicted molar refractivity (Wildman–Crippen MR) is 176 cm³/mol. The summed E-state index contributed by atoms with van der Waals surface area (Å²) in [5, 5.41) is 3.18. The zero-order valence-corrected chi connectivity index (χ0v) is 28.2. The number of para-hydroxylation sites is 1. The number of amides is 2. The van der Waals surface area contributed by atoms with E-state index < -0.39 is 41.4 Å². The highest BCUT2D eigenvalue weighted by atomic mass is 35.5. The van der Waals surface area contributed by atoms with Gasteiger partial charge in [-0.15, -0.1) is 0 Å². The smallest absolute Gasteiger partial charge is 0.338 e. The number of aryl methyl sites for hydroxylation is 1. The molecule has 250 valence electrons. The molecule has 4 rings (SSSR count). The molecule has 0 saturated carbocycles. The molecule has 1 heterocycles. The lowest BCUT2D eigenvalue weighted by Crippen LogP contribution is -2.46. The minimum absolute atomic E-state index is 0.0458. The van der Waals surface area contributed by atoms with Crippen LogP contribution in [-0.4, -0.2) is 64.3 Å². The molecular weight excluding hydrogens is 628 g/mol. The zero-order chi connectivity index (χ0) is 34.5. The molecule has 2 amide bonds. The number of carbonyl (C=O) groups is 4. The van der Waals surface area contributed by atoms with Gasteiger partial charge in [0.15, 0.2) is 11.5 Å². The SMILES string of the molecule is COC(=O)c1cc(NC(=O)C[C@H]2O[C@H](c3cccc(OC)c3OC)c3cc(Cl)ccc3N(CC(C)(C)COC(C)=O)C2=O)ccc1C. The normalized spacial score (nSPS) is 16.1. The molecule has 0 saturated heterocycles. The van der Waals surface area contributed by atoms with Gasteiger partial charge < -0.3 is 33.9 Å². The Balaban J connectivity index is 1.79. The molecule has 3 aromatic rings. The molecule has 0 aliphatic carbocycles. The number of nitrogens with zero attached hydrogens (tertiary/aromatic N) is 1. The van der Waals surface area contributed by atoms with Crippen molar-refractivity contribution >= 4 is 46.7 Å². The van der Waals surface area contributed by atoms with Crippen molar-refractivity contribution in [1.82, 2.24) is 0 Å². The Morgan fingerprint density at radius 1 is 1.00 bits per heavy atom. The maximum Gasteiger partial charge on any atom is 0.338 e. The Hall–Kier alpha value is -4.61. The predicted octanol–water partition coefficient (Wildman–Crippen LogP) is 5.89. The van der Waals surface area contributed by atoms with E-state index in [1.807, 2.05) is 13.8 Å². The zero-order valence-electron chi connectivity index (χ0n) is 27.5. The second-order valence-corrected chi connectivity index (χ2v) is 12.4. The second-order valence-electron chi connectivity index (χ2n) is 11.9. The quantitative estimate of drug-likeness (QED) is 0.249. The Bertz CT molecular complexity index is 1670. The molecule has 1 N–H and O–H groups in total. The molecule has 0 radical (unpaired) electrons. The minimum Gasteiger partial charge on any atom is -0.493 e. The van der Waals surface area contributed by atoms with Crippen LogP contribution in [-0.2, 0) is 28.6 Å². The van der Waals surface area contributed by atoms with Crippen LogP contribution >= 0.6 is 11.6 Å². The first-order valence-electron chi connectivity index (χ1n) is 14.9. The third-order valence-electron chi connectivity index (χ3n) is 7.67. The summed E-state index contributed by atoms with van der Waals surface area (Å²) in [4.78, 5) is 53.4. The number of benzene rings is 3. The highest BCUT2D eigenvalue weighted by Crippen LogP contribution is 2.45. The summed E-state index contributed by atoms with van der Waals surface area (Å²) in [6.45, 7) is 6.98. The number of hydrogen-bond donors (Lipinski definition) is 1. The van der Waals surface area contributed by atoms with E-state index >= 15 is 0 Å². The molecule has 0 unspecified atom stereocenters. The van der Waals surface area contributed by atoms with Crippen LogP contribution in [0.3, 0.4) is 0 Å². The third kappa shape index (κ3) is 8.22. The molecule has 12 heteroatoms.